The first-order valence-electron chi connectivity index (χ1n) is 9.22. The molecule has 1 fully saturated rings. The lowest BCUT2D eigenvalue weighted by molar-refractivity contribution is -0.385. The molecule has 2 aromatic carbocycles. The standard InChI is InChI=1S/C20H20F3N3O4/c1-13-2-3-14(10-18(13)26(28)29)19(27)24-16-5-4-15(17(11-16)20(21,22)23)12-25-6-8-30-9-7-25/h2-5,10-11H,6-9,12H2,1H3,(H,24,27). The molecule has 1 amide bonds. The van der Waals surface area contributed by atoms with Crippen LogP contribution in [-0.2, 0) is 17.5 Å². The maximum Gasteiger partial charge on any atom is 0.416 e. The number of amides is 1. The lowest BCUT2D eigenvalue weighted by atomic mass is 10.0. The van der Waals surface area contributed by atoms with E-state index >= 15 is 0 Å². The molecule has 0 spiro atoms. The maximum absolute atomic E-state index is 13.6. The fourth-order valence-corrected chi connectivity index (χ4v) is 3.21. The number of carbonyl (C=O) groups is 1. The average Bonchev–Trinajstić information content (AvgIpc) is 2.69. The number of rotatable bonds is 5. The largest absolute Gasteiger partial charge is 0.416 e. The number of nitrogens with one attached hydrogen (secondary N) is 1. The van der Waals surface area contributed by atoms with Gasteiger partial charge >= 0.3 is 6.18 Å². The zero-order valence-electron chi connectivity index (χ0n) is 16.2. The van der Waals surface area contributed by atoms with Crippen molar-refractivity contribution < 1.29 is 27.6 Å². The summed E-state index contributed by atoms with van der Waals surface area (Å²) in [5.74, 6) is -0.729. The average molecular weight is 423 g/mol. The van der Waals surface area contributed by atoms with E-state index in [4.69, 9.17) is 4.74 Å². The molecule has 2 aromatic rings. The van der Waals surface area contributed by atoms with Crippen molar-refractivity contribution in [3.8, 4) is 0 Å². The highest BCUT2D eigenvalue weighted by molar-refractivity contribution is 6.04. The van der Waals surface area contributed by atoms with E-state index in [1.165, 1.54) is 31.2 Å². The van der Waals surface area contributed by atoms with Crippen molar-refractivity contribution in [2.75, 3.05) is 31.6 Å². The van der Waals surface area contributed by atoms with Crippen LogP contribution in [0.2, 0.25) is 0 Å². The van der Waals surface area contributed by atoms with Gasteiger partial charge in [-0.3, -0.25) is 19.8 Å². The number of hydrogen-bond acceptors (Lipinski definition) is 5. The molecule has 0 aliphatic carbocycles. The van der Waals surface area contributed by atoms with Crippen molar-refractivity contribution in [2.24, 2.45) is 0 Å². The molecule has 1 saturated heterocycles. The molecule has 1 aliphatic rings. The first-order chi connectivity index (χ1) is 14.1. The molecule has 3 rings (SSSR count). The summed E-state index contributed by atoms with van der Waals surface area (Å²) < 4.78 is 46.0. The molecule has 7 nitrogen and oxygen atoms in total. The van der Waals surface area contributed by atoms with Crippen LogP contribution in [0.5, 0.6) is 0 Å². The van der Waals surface area contributed by atoms with Crippen LogP contribution in [-0.4, -0.2) is 42.0 Å². The molecule has 0 saturated carbocycles. The number of morpholine rings is 1. The van der Waals surface area contributed by atoms with Gasteiger partial charge in [-0.2, -0.15) is 13.2 Å². The maximum atomic E-state index is 13.6. The molecule has 0 radical (unpaired) electrons. The summed E-state index contributed by atoms with van der Waals surface area (Å²) in [6.07, 6.45) is -4.59. The Morgan fingerprint density at radius 3 is 2.53 bits per heavy atom. The summed E-state index contributed by atoms with van der Waals surface area (Å²) in [7, 11) is 0. The fourth-order valence-electron chi connectivity index (χ4n) is 3.21. The normalized spacial score (nSPS) is 15.1. The second kappa shape index (κ2) is 8.80. The summed E-state index contributed by atoms with van der Waals surface area (Å²) >= 11 is 0. The van der Waals surface area contributed by atoms with E-state index in [2.05, 4.69) is 5.32 Å². The van der Waals surface area contributed by atoms with E-state index in [-0.39, 0.29) is 29.0 Å². The number of nitro benzene ring substituents is 1. The van der Waals surface area contributed by atoms with Crippen molar-refractivity contribution in [3.05, 3.63) is 68.8 Å². The van der Waals surface area contributed by atoms with Gasteiger partial charge < -0.3 is 10.1 Å². The van der Waals surface area contributed by atoms with E-state index in [0.29, 0.717) is 31.9 Å². The van der Waals surface area contributed by atoms with Gasteiger partial charge in [-0.05, 0) is 30.7 Å². The van der Waals surface area contributed by atoms with Crippen LogP contribution in [0.3, 0.4) is 0 Å². The number of alkyl halides is 3. The molecule has 1 aliphatic heterocycles. The minimum atomic E-state index is -4.59. The zero-order chi connectivity index (χ0) is 21.9. The molecule has 160 valence electrons. The lowest BCUT2D eigenvalue weighted by Crippen LogP contribution is -2.36. The highest BCUT2D eigenvalue weighted by Gasteiger charge is 2.34. The Morgan fingerprint density at radius 2 is 1.90 bits per heavy atom. The van der Waals surface area contributed by atoms with Crippen LogP contribution in [0.4, 0.5) is 24.5 Å². The van der Waals surface area contributed by atoms with E-state index < -0.39 is 22.6 Å². The second-order valence-corrected chi connectivity index (χ2v) is 6.97. The number of nitrogens with zero attached hydrogens (tertiary/aromatic N) is 2. The summed E-state index contributed by atoms with van der Waals surface area (Å²) in [5, 5.41) is 13.4. The summed E-state index contributed by atoms with van der Waals surface area (Å²) in [6, 6.07) is 7.52. The van der Waals surface area contributed by atoms with Crippen molar-refractivity contribution >= 4 is 17.3 Å². The third-order valence-corrected chi connectivity index (χ3v) is 4.84. The number of benzene rings is 2. The van der Waals surface area contributed by atoms with Crippen LogP contribution in [0.1, 0.15) is 27.0 Å². The van der Waals surface area contributed by atoms with Crippen molar-refractivity contribution in [1.29, 1.82) is 0 Å². The topological polar surface area (TPSA) is 84.7 Å². The highest BCUT2D eigenvalue weighted by atomic mass is 19.4. The molecule has 0 bridgehead atoms. The Hall–Kier alpha value is -2.98. The van der Waals surface area contributed by atoms with Gasteiger partial charge in [-0.25, -0.2) is 0 Å². The third-order valence-electron chi connectivity index (χ3n) is 4.84. The van der Waals surface area contributed by atoms with Gasteiger partial charge in [0.25, 0.3) is 11.6 Å². The van der Waals surface area contributed by atoms with Gasteiger partial charge in [0.05, 0.1) is 23.7 Å². The number of nitro groups is 1. The number of hydrogen-bond donors (Lipinski definition) is 1. The molecular formula is C20H20F3N3O4. The van der Waals surface area contributed by atoms with E-state index in [1.807, 2.05) is 4.90 Å². The number of anilines is 1. The molecule has 0 atom stereocenters. The molecule has 1 N–H and O–H groups in total. The van der Waals surface area contributed by atoms with Gasteiger partial charge in [0.15, 0.2) is 0 Å². The first-order valence-corrected chi connectivity index (χ1v) is 9.22. The molecular weight excluding hydrogens is 403 g/mol. The van der Waals surface area contributed by atoms with Crippen molar-refractivity contribution in [2.45, 2.75) is 19.6 Å². The van der Waals surface area contributed by atoms with Gasteiger partial charge in [0.2, 0.25) is 0 Å². The fraction of sp³-hybridized carbons (Fsp3) is 0.350. The lowest BCUT2D eigenvalue weighted by Gasteiger charge is -2.27. The Balaban J connectivity index is 1.83. The minimum absolute atomic E-state index is 0.0155. The monoisotopic (exact) mass is 423 g/mol. The zero-order valence-corrected chi connectivity index (χ0v) is 16.2. The van der Waals surface area contributed by atoms with Crippen LogP contribution in [0, 0.1) is 17.0 Å². The van der Waals surface area contributed by atoms with Gasteiger partial charge in [-0.1, -0.05) is 12.1 Å². The Bertz CT molecular complexity index is 957. The predicted octanol–water partition coefficient (Wildman–Crippen LogP) is 4.01. The van der Waals surface area contributed by atoms with Gasteiger partial charge in [0.1, 0.15) is 0 Å². The number of carbonyl (C=O) groups excluding carboxylic acids is 1. The smallest absolute Gasteiger partial charge is 0.379 e. The SMILES string of the molecule is Cc1ccc(C(=O)Nc2ccc(CN3CCOCC3)c(C(F)(F)F)c2)cc1[N+](=O)[O-]. The van der Waals surface area contributed by atoms with Crippen molar-refractivity contribution in [3.63, 3.8) is 0 Å². The Labute approximate surface area is 170 Å². The van der Waals surface area contributed by atoms with Gasteiger partial charge in [-0.15, -0.1) is 0 Å². The minimum Gasteiger partial charge on any atom is -0.379 e. The highest BCUT2D eigenvalue weighted by Crippen LogP contribution is 2.34. The third kappa shape index (κ3) is 5.14. The number of aryl methyl sites for hydroxylation is 1. The van der Waals surface area contributed by atoms with E-state index in [0.717, 1.165) is 12.1 Å². The molecule has 0 aromatic heterocycles. The van der Waals surface area contributed by atoms with Crippen LogP contribution < -0.4 is 5.32 Å². The summed E-state index contributed by atoms with van der Waals surface area (Å²) in [4.78, 5) is 24.7. The van der Waals surface area contributed by atoms with Crippen molar-refractivity contribution in [1.82, 2.24) is 4.90 Å². The predicted molar refractivity (Wildman–Crippen MR) is 103 cm³/mol. The molecule has 1 heterocycles. The van der Waals surface area contributed by atoms with E-state index in [1.54, 1.807) is 0 Å². The molecule has 0 unspecified atom stereocenters. The Morgan fingerprint density at radius 1 is 1.20 bits per heavy atom. The quantitative estimate of drug-likeness (QED) is 0.580. The summed E-state index contributed by atoms with van der Waals surface area (Å²) in [6.45, 7) is 3.68. The van der Waals surface area contributed by atoms with E-state index in [9.17, 15) is 28.1 Å². The van der Waals surface area contributed by atoms with Crippen LogP contribution >= 0.6 is 0 Å². The number of ether oxygens (including phenoxy) is 1. The number of halogens is 3. The van der Waals surface area contributed by atoms with Crippen LogP contribution in [0.15, 0.2) is 36.4 Å². The molecule has 10 heteroatoms. The first kappa shape index (κ1) is 21.7. The van der Waals surface area contributed by atoms with Gasteiger partial charge in [0, 0.05) is 42.5 Å². The Kier molecular flexibility index (Phi) is 6.37. The summed E-state index contributed by atoms with van der Waals surface area (Å²) in [5.41, 5.74) is -0.641. The molecule has 30 heavy (non-hydrogen) atoms. The van der Waals surface area contributed by atoms with Crippen LogP contribution in [0.25, 0.3) is 0 Å². The second-order valence-electron chi connectivity index (χ2n) is 6.97.